The second-order valence-electron chi connectivity index (χ2n) is 4.18. The van der Waals surface area contributed by atoms with Gasteiger partial charge in [-0.15, -0.1) is 0 Å². The van der Waals surface area contributed by atoms with E-state index in [0.29, 0.717) is 16.8 Å². The highest BCUT2D eigenvalue weighted by Gasteiger charge is 2.19. The SMILES string of the molecule is COCc1cccc(NS(=O)(=O)c2cc(Br)cnc2Cl)c1. The fourth-order valence-electron chi connectivity index (χ4n) is 1.69. The van der Waals surface area contributed by atoms with Crippen molar-refractivity contribution in [1.82, 2.24) is 4.98 Å². The summed E-state index contributed by atoms with van der Waals surface area (Å²) >= 11 is 9.03. The maximum Gasteiger partial charge on any atom is 0.265 e. The quantitative estimate of drug-likeness (QED) is 0.793. The van der Waals surface area contributed by atoms with Gasteiger partial charge in [0.2, 0.25) is 0 Å². The van der Waals surface area contributed by atoms with Gasteiger partial charge in [0, 0.05) is 23.5 Å². The van der Waals surface area contributed by atoms with E-state index in [1.54, 1.807) is 25.3 Å². The zero-order valence-corrected chi connectivity index (χ0v) is 14.2. The van der Waals surface area contributed by atoms with Crippen molar-refractivity contribution in [2.75, 3.05) is 11.8 Å². The molecule has 0 spiro atoms. The third-order valence-corrected chi connectivity index (χ3v) is 4.79. The molecule has 0 saturated heterocycles. The molecule has 0 bridgehead atoms. The van der Waals surface area contributed by atoms with Crippen LogP contribution in [0.4, 0.5) is 5.69 Å². The van der Waals surface area contributed by atoms with Gasteiger partial charge < -0.3 is 4.74 Å². The molecule has 2 aromatic rings. The van der Waals surface area contributed by atoms with Crippen molar-refractivity contribution in [3.63, 3.8) is 0 Å². The number of sulfonamides is 1. The minimum atomic E-state index is -3.81. The minimum Gasteiger partial charge on any atom is -0.380 e. The number of halogens is 2. The Morgan fingerprint density at radius 3 is 2.86 bits per heavy atom. The first-order valence-electron chi connectivity index (χ1n) is 5.84. The fraction of sp³-hybridized carbons (Fsp3) is 0.154. The van der Waals surface area contributed by atoms with Gasteiger partial charge in [-0.3, -0.25) is 4.72 Å². The Morgan fingerprint density at radius 2 is 2.14 bits per heavy atom. The molecule has 1 heterocycles. The van der Waals surface area contributed by atoms with Crippen LogP contribution >= 0.6 is 27.5 Å². The lowest BCUT2D eigenvalue weighted by Gasteiger charge is -2.10. The van der Waals surface area contributed by atoms with E-state index >= 15 is 0 Å². The molecule has 0 aliphatic rings. The van der Waals surface area contributed by atoms with Gasteiger partial charge in [-0.05, 0) is 39.7 Å². The van der Waals surface area contributed by atoms with Gasteiger partial charge >= 0.3 is 0 Å². The van der Waals surface area contributed by atoms with Crippen LogP contribution in [0.2, 0.25) is 5.15 Å². The number of ether oxygens (including phenoxy) is 1. The molecule has 0 aliphatic heterocycles. The number of anilines is 1. The molecule has 1 N–H and O–H groups in total. The number of pyridine rings is 1. The Hall–Kier alpha value is -1.15. The smallest absolute Gasteiger partial charge is 0.265 e. The van der Waals surface area contributed by atoms with Gasteiger partial charge in [0.25, 0.3) is 10.0 Å². The summed E-state index contributed by atoms with van der Waals surface area (Å²) in [6.07, 6.45) is 1.43. The van der Waals surface area contributed by atoms with E-state index in [1.807, 2.05) is 6.07 Å². The van der Waals surface area contributed by atoms with Crippen LogP contribution in [-0.2, 0) is 21.4 Å². The van der Waals surface area contributed by atoms with Crippen LogP contribution in [-0.4, -0.2) is 20.5 Å². The number of hydrogen-bond donors (Lipinski definition) is 1. The van der Waals surface area contributed by atoms with E-state index < -0.39 is 10.0 Å². The molecule has 5 nitrogen and oxygen atoms in total. The van der Waals surface area contributed by atoms with Gasteiger partial charge in [-0.2, -0.15) is 0 Å². The zero-order valence-electron chi connectivity index (χ0n) is 11.0. The van der Waals surface area contributed by atoms with Crippen LogP contribution in [0, 0.1) is 0 Å². The molecule has 8 heteroatoms. The van der Waals surface area contributed by atoms with Crippen LogP contribution in [0.5, 0.6) is 0 Å². The summed E-state index contributed by atoms with van der Waals surface area (Å²) in [5.41, 5.74) is 1.29. The highest BCUT2D eigenvalue weighted by Crippen LogP contribution is 2.25. The molecule has 0 unspecified atom stereocenters. The molecule has 0 fully saturated rings. The highest BCUT2D eigenvalue weighted by atomic mass is 79.9. The molecule has 1 aromatic heterocycles. The predicted octanol–water partition coefficient (Wildman–Crippen LogP) is 3.44. The van der Waals surface area contributed by atoms with Gasteiger partial charge in [0.05, 0.1) is 6.61 Å². The molecule has 21 heavy (non-hydrogen) atoms. The Morgan fingerprint density at radius 1 is 1.38 bits per heavy atom. The molecule has 0 atom stereocenters. The van der Waals surface area contributed by atoms with Crippen LogP contribution in [0.1, 0.15) is 5.56 Å². The summed E-state index contributed by atoms with van der Waals surface area (Å²) in [5, 5.41) is -0.0845. The van der Waals surface area contributed by atoms with Gasteiger partial charge in [-0.1, -0.05) is 23.7 Å². The topological polar surface area (TPSA) is 68.3 Å². The van der Waals surface area contributed by atoms with Crippen LogP contribution < -0.4 is 4.72 Å². The van der Waals surface area contributed by atoms with Crippen LogP contribution in [0.3, 0.4) is 0 Å². The molecule has 0 radical (unpaired) electrons. The Bertz CT molecular complexity index is 753. The third-order valence-electron chi connectivity index (χ3n) is 2.55. The molecule has 0 aliphatic carbocycles. The fourth-order valence-corrected chi connectivity index (χ4v) is 3.69. The summed E-state index contributed by atoms with van der Waals surface area (Å²) in [6, 6.07) is 8.33. The number of aromatic nitrogens is 1. The number of hydrogen-bond acceptors (Lipinski definition) is 4. The number of rotatable bonds is 5. The van der Waals surface area contributed by atoms with E-state index in [2.05, 4.69) is 25.6 Å². The first-order valence-corrected chi connectivity index (χ1v) is 8.49. The lowest BCUT2D eigenvalue weighted by atomic mass is 10.2. The number of benzene rings is 1. The number of nitrogens with one attached hydrogen (secondary N) is 1. The van der Waals surface area contributed by atoms with Gasteiger partial charge in [-0.25, -0.2) is 13.4 Å². The number of nitrogens with zero attached hydrogens (tertiary/aromatic N) is 1. The molecule has 1 aromatic carbocycles. The average molecular weight is 392 g/mol. The Balaban J connectivity index is 2.33. The second kappa shape index (κ2) is 6.74. The van der Waals surface area contributed by atoms with Crippen molar-refractivity contribution in [2.45, 2.75) is 11.5 Å². The van der Waals surface area contributed by atoms with E-state index in [-0.39, 0.29) is 10.0 Å². The maximum atomic E-state index is 12.4. The molecule has 0 amide bonds. The van der Waals surface area contributed by atoms with Gasteiger partial charge in [0.15, 0.2) is 0 Å². The van der Waals surface area contributed by atoms with Crippen molar-refractivity contribution in [2.24, 2.45) is 0 Å². The average Bonchev–Trinajstić information content (AvgIpc) is 2.42. The largest absolute Gasteiger partial charge is 0.380 e. The van der Waals surface area contributed by atoms with Crippen LogP contribution in [0.15, 0.2) is 45.9 Å². The predicted molar refractivity (Wildman–Crippen MR) is 84.9 cm³/mol. The van der Waals surface area contributed by atoms with Crippen molar-refractivity contribution in [3.05, 3.63) is 51.7 Å². The van der Waals surface area contributed by atoms with Crippen molar-refractivity contribution >= 4 is 43.2 Å². The molecular weight excluding hydrogens is 380 g/mol. The molecule has 0 saturated carbocycles. The van der Waals surface area contributed by atoms with Crippen LogP contribution in [0.25, 0.3) is 0 Å². The Labute approximate surface area is 136 Å². The van der Waals surface area contributed by atoms with E-state index in [1.165, 1.54) is 12.3 Å². The first-order chi connectivity index (χ1) is 9.92. The summed E-state index contributed by atoms with van der Waals surface area (Å²) in [7, 11) is -2.24. The van der Waals surface area contributed by atoms with Crippen molar-refractivity contribution in [3.8, 4) is 0 Å². The standard InChI is InChI=1S/C13H12BrClN2O3S/c1-20-8-9-3-2-4-11(5-9)17-21(18,19)12-6-10(14)7-16-13(12)15/h2-7,17H,8H2,1H3. The molecule has 112 valence electrons. The van der Waals surface area contributed by atoms with Crippen molar-refractivity contribution in [1.29, 1.82) is 0 Å². The summed E-state index contributed by atoms with van der Waals surface area (Å²) < 4.78 is 32.7. The summed E-state index contributed by atoms with van der Waals surface area (Å²) in [6.45, 7) is 0.398. The normalized spacial score (nSPS) is 11.4. The van der Waals surface area contributed by atoms with E-state index in [4.69, 9.17) is 16.3 Å². The van der Waals surface area contributed by atoms with Gasteiger partial charge in [0.1, 0.15) is 10.0 Å². The summed E-state index contributed by atoms with van der Waals surface area (Å²) in [4.78, 5) is 3.73. The van der Waals surface area contributed by atoms with Crippen molar-refractivity contribution < 1.29 is 13.2 Å². The van der Waals surface area contributed by atoms with E-state index in [9.17, 15) is 8.42 Å². The second-order valence-corrected chi connectivity index (χ2v) is 7.11. The zero-order chi connectivity index (χ0) is 15.5. The minimum absolute atomic E-state index is 0.0845. The third kappa shape index (κ3) is 4.16. The lowest BCUT2D eigenvalue weighted by molar-refractivity contribution is 0.185. The lowest BCUT2D eigenvalue weighted by Crippen LogP contribution is -2.14. The first kappa shape index (κ1) is 16.2. The maximum absolute atomic E-state index is 12.4. The molecular formula is C13H12BrClN2O3S. The Kier molecular flexibility index (Phi) is 5.21. The molecule has 2 rings (SSSR count). The number of methoxy groups -OCH3 is 1. The van der Waals surface area contributed by atoms with E-state index in [0.717, 1.165) is 5.56 Å². The summed E-state index contributed by atoms with van der Waals surface area (Å²) in [5.74, 6) is 0. The monoisotopic (exact) mass is 390 g/mol. The highest BCUT2D eigenvalue weighted by molar-refractivity contribution is 9.10.